The fraction of sp³-hybridized carbons (Fsp3) is 0.875. The maximum Gasteiger partial charge on any atom is 0.148 e. The van der Waals surface area contributed by atoms with Gasteiger partial charge in [0.25, 0.3) is 0 Å². The number of nitrogens with zero attached hydrogens (tertiary/aromatic N) is 1. The van der Waals surface area contributed by atoms with Crippen molar-refractivity contribution in [2.45, 2.75) is 33.1 Å². The summed E-state index contributed by atoms with van der Waals surface area (Å²) in [6.07, 6.45) is 4.02. The molecule has 1 nitrogen and oxygen atoms in total. The molecule has 1 fully saturated rings. The number of hydrogen-bond donors (Lipinski definition) is 0. The third kappa shape index (κ3) is 1.54. The first-order valence-corrected chi connectivity index (χ1v) is 3.92. The predicted octanol–water partition coefficient (Wildman–Crippen LogP) is 1.66. The highest BCUT2D eigenvalue weighted by molar-refractivity contribution is 5.76. The highest BCUT2D eigenvalue weighted by Crippen LogP contribution is 2.02. The maximum atomic E-state index is 2.50. The molecule has 1 aliphatic rings. The van der Waals surface area contributed by atoms with Crippen molar-refractivity contribution in [3.05, 3.63) is 0 Å². The molecule has 1 saturated heterocycles. The van der Waals surface area contributed by atoms with Crippen molar-refractivity contribution in [2.24, 2.45) is 0 Å². The maximum absolute atomic E-state index is 2.50. The van der Waals surface area contributed by atoms with Crippen LogP contribution < -0.4 is 0 Å². The lowest BCUT2D eigenvalue weighted by atomic mass is 10.3. The summed E-state index contributed by atoms with van der Waals surface area (Å²) in [5, 5.41) is 0. The summed E-state index contributed by atoms with van der Waals surface area (Å²) in [4.78, 5) is 0. The topological polar surface area (TPSA) is 3.01 Å². The Morgan fingerprint density at radius 3 is 2.33 bits per heavy atom. The smallest absolute Gasteiger partial charge is 0.148 e. The van der Waals surface area contributed by atoms with E-state index in [1.165, 1.54) is 32.4 Å². The molecule has 0 unspecified atom stereocenters. The summed E-state index contributed by atoms with van der Waals surface area (Å²) in [6.45, 7) is 7.08. The average molecular weight is 126 g/mol. The molecule has 52 valence electrons. The Labute approximate surface area is 57.4 Å². The van der Waals surface area contributed by atoms with E-state index in [0.29, 0.717) is 0 Å². The largest absolute Gasteiger partial charge is 0.237 e. The van der Waals surface area contributed by atoms with Crippen molar-refractivity contribution in [1.82, 2.24) is 0 Å². The van der Waals surface area contributed by atoms with Crippen molar-refractivity contribution in [1.29, 1.82) is 0 Å². The van der Waals surface area contributed by atoms with Gasteiger partial charge in [0.1, 0.15) is 18.8 Å². The third-order valence-corrected chi connectivity index (χ3v) is 2.16. The van der Waals surface area contributed by atoms with E-state index in [0.717, 1.165) is 0 Å². The Balaban J connectivity index is 2.55. The molecule has 0 radical (unpaired) electrons. The van der Waals surface area contributed by atoms with E-state index < -0.39 is 0 Å². The Morgan fingerprint density at radius 2 is 1.89 bits per heavy atom. The zero-order chi connectivity index (χ0) is 6.69. The van der Waals surface area contributed by atoms with Gasteiger partial charge in [-0.1, -0.05) is 6.92 Å². The van der Waals surface area contributed by atoms with E-state index in [9.17, 15) is 0 Å². The number of hydrogen-bond acceptors (Lipinski definition) is 0. The summed E-state index contributed by atoms with van der Waals surface area (Å²) < 4.78 is 2.50. The Bertz CT molecular complexity index is 117. The predicted molar refractivity (Wildman–Crippen MR) is 40.2 cm³/mol. The van der Waals surface area contributed by atoms with Crippen LogP contribution >= 0.6 is 0 Å². The van der Waals surface area contributed by atoms with Gasteiger partial charge in [0.2, 0.25) is 0 Å². The Hall–Kier alpha value is -0.330. The molecule has 0 N–H and O–H groups in total. The fourth-order valence-corrected chi connectivity index (χ4v) is 1.32. The van der Waals surface area contributed by atoms with Gasteiger partial charge in [0, 0.05) is 26.2 Å². The molecule has 0 saturated carbocycles. The second-order valence-electron chi connectivity index (χ2n) is 2.78. The van der Waals surface area contributed by atoms with Crippen LogP contribution in [0.2, 0.25) is 0 Å². The molecule has 9 heavy (non-hydrogen) atoms. The summed E-state index contributed by atoms with van der Waals surface area (Å²) in [6, 6.07) is 0. The van der Waals surface area contributed by atoms with Crippen LogP contribution in [0.15, 0.2) is 0 Å². The first-order valence-electron chi connectivity index (χ1n) is 3.92. The lowest BCUT2D eigenvalue weighted by Crippen LogP contribution is -2.14. The molecule has 1 aliphatic heterocycles. The van der Waals surface area contributed by atoms with E-state index in [4.69, 9.17) is 0 Å². The summed E-state index contributed by atoms with van der Waals surface area (Å²) in [7, 11) is 0. The molecular formula is C8H16N+. The van der Waals surface area contributed by atoms with Crippen molar-refractivity contribution in [3.63, 3.8) is 0 Å². The van der Waals surface area contributed by atoms with Crippen LogP contribution in [-0.2, 0) is 0 Å². The summed E-state index contributed by atoms with van der Waals surface area (Å²) in [5.41, 5.74) is 1.56. The van der Waals surface area contributed by atoms with Gasteiger partial charge in [-0.05, 0) is 0 Å². The van der Waals surface area contributed by atoms with Gasteiger partial charge in [-0.3, -0.25) is 0 Å². The van der Waals surface area contributed by atoms with Crippen LogP contribution in [0.1, 0.15) is 33.1 Å². The monoisotopic (exact) mass is 126 g/mol. The third-order valence-electron chi connectivity index (χ3n) is 2.16. The molecule has 1 heteroatoms. The molecule has 1 heterocycles. The van der Waals surface area contributed by atoms with E-state index in [1.54, 1.807) is 5.71 Å². The molecule has 0 bridgehead atoms. The van der Waals surface area contributed by atoms with Crippen LogP contribution in [0.25, 0.3) is 0 Å². The summed E-state index contributed by atoms with van der Waals surface area (Å²) >= 11 is 0. The average Bonchev–Trinajstić information content (AvgIpc) is 2.37. The van der Waals surface area contributed by atoms with Crippen molar-refractivity contribution >= 4 is 5.71 Å². The Kier molecular flexibility index (Phi) is 2.26. The molecule has 0 spiro atoms. The minimum absolute atomic E-state index is 1.22. The zero-order valence-electron chi connectivity index (χ0n) is 6.48. The second-order valence-corrected chi connectivity index (χ2v) is 2.78. The van der Waals surface area contributed by atoms with Crippen molar-refractivity contribution in [2.75, 3.05) is 13.1 Å². The van der Waals surface area contributed by atoms with E-state index in [2.05, 4.69) is 18.4 Å². The first-order chi connectivity index (χ1) is 4.34. The van der Waals surface area contributed by atoms with Crippen LogP contribution in [0.3, 0.4) is 0 Å². The van der Waals surface area contributed by atoms with Crippen LogP contribution in [-0.4, -0.2) is 23.4 Å². The molecule has 0 amide bonds. The standard InChI is InChI=1S/C8H16N/c1-3-8(2)9-6-4-5-7-9/h3-7H2,1-2H3/q+1. The van der Waals surface area contributed by atoms with Crippen molar-refractivity contribution in [3.8, 4) is 0 Å². The highest BCUT2D eigenvalue weighted by Gasteiger charge is 2.14. The molecule has 0 atom stereocenters. The van der Waals surface area contributed by atoms with Gasteiger partial charge in [-0.2, -0.15) is 0 Å². The van der Waals surface area contributed by atoms with E-state index >= 15 is 0 Å². The molecule has 0 aliphatic carbocycles. The molecule has 0 aromatic rings. The summed E-state index contributed by atoms with van der Waals surface area (Å²) in [5.74, 6) is 0. The molecule has 1 rings (SSSR count). The molecule has 0 aromatic carbocycles. The van der Waals surface area contributed by atoms with Crippen LogP contribution in [0, 0.1) is 0 Å². The van der Waals surface area contributed by atoms with Gasteiger partial charge in [0.05, 0.1) is 0 Å². The minimum Gasteiger partial charge on any atom is -0.237 e. The van der Waals surface area contributed by atoms with E-state index in [-0.39, 0.29) is 0 Å². The van der Waals surface area contributed by atoms with Gasteiger partial charge in [0.15, 0.2) is 0 Å². The highest BCUT2D eigenvalue weighted by atomic mass is 15.0. The number of rotatable bonds is 1. The SMILES string of the molecule is CCC(C)=[N+]1CCCC1. The second kappa shape index (κ2) is 3.00. The fourth-order valence-electron chi connectivity index (χ4n) is 1.32. The van der Waals surface area contributed by atoms with Crippen molar-refractivity contribution < 1.29 is 4.58 Å². The first kappa shape index (κ1) is 6.79. The Morgan fingerprint density at radius 1 is 1.33 bits per heavy atom. The molecular weight excluding hydrogens is 110 g/mol. The quantitative estimate of drug-likeness (QED) is 0.470. The lowest BCUT2D eigenvalue weighted by molar-refractivity contribution is -0.507. The molecule has 0 aromatic heterocycles. The lowest BCUT2D eigenvalue weighted by Gasteiger charge is -1.94. The van der Waals surface area contributed by atoms with Gasteiger partial charge in [-0.25, -0.2) is 4.58 Å². The van der Waals surface area contributed by atoms with Gasteiger partial charge >= 0.3 is 0 Å². The normalized spacial score (nSPS) is 18.7. The van der Waals surface area contributed by atoms with Crippen LogP contribution in [0.5, 0.6) is 0 Å². The van der Waals surface area contributed by atoms with E-state index in [1.807, 2.05) is 0 Å². The van der Waals surface area contributed by atoms with Gasteiger partial charge in [-0.15, -0.1) is 0 Å². The van der Waals surface area contributed by atoms with Crippen LogP contribution in [0.4, 0.5) is 0 Å². The minimum atomic E-state index is 1.22. The zero-order valence-corrected chi connectivity index (χ0v) is 6.48. The van der Waals surface area contributed by atoms with Gasteiger partial charge < -0.3 is 0 Å².